The molecular formula is C46H52N18O5S2. The number of aromatic carboxylic acids is 1. The van der Waals surface area contributed by atoms with E-state index in [0.717, 1.165) is 87.3 Å². The molecule has 12 heterocycles. The number of thiophene rings is 2. The van der Waals surface area contributed by atoms with Gasteiger partial charge in [0.1, 0.15) is 27.3 Å². The van der Waals surface area contributed by atoms with Crippen molar-refractivity contribution in [3.05, 3.63) is 81.2 Å². The number of carboxylic acids is 1. The van der Waals surface area contributed by atoms with Crippen LogP contribution in [0.25, 0.3) is 44.8 Å². The van der Waals surface area contributed by atoms with Crippen LogP contribution in [0.1, 0.15) is 54.0 Å². The second-order valence-corrected chi connectivity index (χ2v) is 19.8. The lowest BCUT2D eigenvalue weighted by Gasteiger charge is -2.27. The lowest BCUT2D eigenvalue weighted by Crippen LogP contribution is -2.37. The van der Waals surface area contributed by atoms with Gasteiger partial charge in [-0.25, -0.2) is 44.7 Å². The summed E-state index contributed by atoms with van der Waals surface area (Å²) in [6.45, 7) is 12.7. The average Bonchev–Trinajstić information content (AvgIpc) is 4.27. The number of hydrogen-bond donors (Lipinski definition) is 4. The molecule has 1 amide bonds. The number of anilines is 4. The second kappa shape index (κ2) is 21.0. The Morgan fingerprint density at radius 2 is 1.14 bits per heavy atom. The van der Waals surface area contributed by atoms with E-state index in [1.165, 1.54) is 22.7 Å². The fourth-order valence-electron chi connectivity index (χ4n) is 8.76. The third kappa shape index (κ3) is 10.4. The van der Waals surface area contributed by atoms with Crippen LogP contribution in [-0.2, 0) is 9.47 Å². The molecule has 0 radical (unpaired) electrons. The SMILES string of the molecule is Cc1ccc(C(=O)N2CCC(n3cnc4c(-c5cnc(N)nc5)nc(N5CCOCC5)nc43)C2)s1.Cc1ccc(C(=O)O)s1.Nc1ncc(-c2nc(N3CCOCC3)nc3c2ncn3C2CCNC2)cn1. The Morgan fingerprint density at radius 3 is 1.58 bits per heavy atom. The molecule has 23 nitrogen and oxygen atoms in total. The maximum Gasteiger partial charge on any atom is 0.345 e. The molecule has 368 valence electrons. The lowest BCUT2D eigenvalue weighted by atomic mass is 10.2. The summed E-state index contributed by atoms with van der Waals surface area (Å²) in [4.78, 5) is 78.1. The van der Waals surface area contributed by atoms with Gasteiger partial charge in [-0.15, -0.1) is 22.7 Å². The summed E-state index contributed by atoms with van der Waals surface area (Å²) >= 11 is 2.83. The zero-order valence-corrected chi connectivity index (χ0v) is 40.7. The smallest absolute Gasteiger partial charge is 0.345 e. The maximum atomic E-state index is 13.0. The Balaban J connectivity index is 0.000000143. The van der Waals surface area contributed by atoms with Crippen molar-refractivity contribution in [2.75, 3.05) is 100 Å². The van der Waals surface area contributed by atoms with Crippen LogP contribution >= 0.6 is 22.7 Å². The second-order valence-electron chi connectivity index (χ2n) is 17.2. The monoisotopic (exact) mass is 1000 g/mol. The highest BCUT2D eigenvalue weighted by atomic mass is 32.1. The average molecular weight is 1000 g/mol. The van der Waals surface area contributed by atoms with Crippen LogP contribution in [0.5, 0.6) is 0 Å². The van der Waals surface area contributed by atoms with E-state index >= 15 is 0 Å². The van der Waals surface area contributed by atoms with Gasteiger partial charge in [0.25, 0.3) is 5.91 Å². The molecule has 8 aromatic rings. The minimum atomic E-state index is -0.840. The first-order valence-corrected chi connectivity index (χ1v) is 24.9. The first-order chi connectivity index (χ1) is 34.6. The van der Waals surface area contributed by atoms with E-state index < -0.39 is 5.97 Å². The molecule has 0 aliphatic carbocycles. The van der Waals surface area contributed by atoms with Crippen LogP contribution in [0.15, 0.2) is 61.7 Å². The number of carboxylic acid groups (broad SMARTS) is 1. The van der Waals surface area contributed by atoms with Crippen LogP contribution in [0.2, 0.25) is 0 Å². The molecular weight excluding hydrogens is 949 g/mol. The van der Waals surface area contributed by atoms with E-state index in [4.69, 9.17) is 46.0 Å². The van der Waals surface area contributed by atoms with Crippen molar-refractivity contribution in [3.8, 4) is 22.5 Å². The van der Waals surface area contributed by atoms with Crippen molar-refractivity contribution in [2.45, 2.75) is 38.8 Å². The largest absolute Gasteiger partial charge is 0.477 e. The molecule has 4 saturated heterocycles. The third-order valence-electron chi connectivity index (χ3n) is 12.5. The molecule has 0 bridgehead atoms. The summed E-state index contributed by atoms with van der Waals surface area (Å²) in [6, 6.07) is 7.73. The molecule has 4 fully saturated rings. The van der Waals surface area contributed by atoms with E-state index in [2.05, 4.69) is 54.2 Å². The summed E-state index contributed by atoms with van der Waals surface area (Å²) in [5.74, 6) is 0.987. The molecule has 4 aliphatic rings. The van der Waals surface area contributed by atoms with E-state index in [-0.39, 0.29) is 23.8 Å². The summed E-state index contributed by atoms with van der Waals surface area (Å²) in [7, 11) is 0. The van der Waals surface area contributed by atoms with Gasteiger partial charge in [0, 0.05) is 91.5 Å². The number of aryl methyl sites for hydroxylation is 2. The number of aromatic nitrogens is 12. The van der Waals surface area contributed by atoms with Gasteiger partial charge in [0.05, 0.1) is 56.0 Å². The van der Waals surface area contributed by atoms with E-state index in [1.54, 1.807) is 43.2 Å². The van der Waals surface area contributed by atoms with Gasteiger partial charge in [-0.05, 0) is 57.5 Å². The molecule has 2 atom stereocenters. The Morgan fingerprint density at radius 1 is 0.648 bits per heavy atom. The number of imidazole rings is 2. The number of morpholine rings is 2. The molecule has 8 aromatic heterocycles. The van der Waals surface area contributed by atoms with Crippen LogP contribution < -0.4 is 26.6 Å². The minimum absolute atomic E-state index is 0.0768. The van der Waals surface area contributed by atoms with Gasteiger partial charge in [0.2, 0.25) is 23.8 Å². The molecule has 12 rings (SSSR count). The normalized spacial score (nSPS) is 18.1. The topological polar surface area (TPSA) is 285 Å². The fourth-order valence-corrected chi connectivity index (χ4v) is 10.3. The fraction of sp³-hybridized carbons (Fsp3) is 0.391. The van der Waals surface area contributed by atoms with Gasteiger partial charge in [-0.2, -0.15) is 9.97 Å². The van der Waals surface area contributed by atoms with Gasteiger partial charge >= 0.3 is 5.97 Å². The highest BCUT2D eigenvalue weighted by molar-refractivity contribution is 7.14. The van der Waals surface area contributed by atoms with Gasteiger partial charge in [-0.3, -0.25) is 4.79 Å². The van der Waals surface area contributed by atoms with Crippen LogP contribution in [0.3, 0.4) is 0 Å². The van der Waals surface area contributed by atoms with Crippen LogP contribution in [0.4, 0.5) is 23.8 Å². The highest BCUT2D eigenvalue weighted by Crippen LogP contribution is 2.33. The number of carbonyl (C=O) groups is 2. The number of hydrogen-bond acceptors (Lipinski definition) is 21. The van der Waals surface area contributed by atoms with E-state index in [0.29, 0.717) is 86.6 Å². The zero-order chi connectivity index (χ0) is 49.0. The van der Waals surface area contributed by atoms with Crippen molar-refractivity contribution in [3.63, 3.8) is 0 Å². The van der Waals surface area contributed by atoms with Crippen molar-refractivity contribution < 1.29 is 24.2 Å². The first-order valence-electron chi connectivity index (χ1n) is 23.2. The lowest BCUT2D eigenvalue weighted by molar-refractivity contribution is 0.0701. The van der Waals surface area contributed by atoms with Crippen molar-refractivity contribution in [2.24, 2.45) is 0 Å². The Hall–Kier alpha value is -7.32. The zero-order valence-electron chi connectivity index (χ0n) is 39.1. The number of nitrogens with one attached hydrogen (secondary N) is 1. The molecule has 0 saturated carbocycles. The third-order valence-corrected chi connectivity index (χ3v) is 14.4. The molecule has 25 heteroatoms. The van der Waals surface area contributed by atoms with Crippen molar-refractivity contribution >= 4 is 80.7 Å². The molecule has 71 heavy (non-hydrogen) atoms. The van der Waals surface area contributed by atoms with Crippen molar-refractivity contribution in [1.29, 1.82) is 0 Å². The van der Waals surface area contributed by atoms with Gasteiger partial charge < -0.3 is 55.2 Å². The Labute approximate surface area is 415 Å². The quantitative estimate of drug-likeness (QED) is 0.166. The predicted octanol–water partition coefficient (Wildman–Crippen LogP) is 4.15. The van der Waals surface area contributed by atoms with Crippen molar-refractivity contribution in [1.82, 2.24) is 69.2 Å². The molecule has 2 unspecified atom stereocenters. The number of nitrogen functional groups attached to an aromatic ring is 2. The Bertz CT molecular complexity index is 3140. The summed E-state index contributed by atoms with van der Waals surface area (Å²) < 4.78 is 15.2. The molecule has 0 spiro atoms. The van der Waals surface area contributed by atoms with Gasteiger partial charge in [0.15, 0.2) is 11.3 Å². The first kappa shape index (κ1) is 47.4. The van der Waals surface area contributed by atoms with E-state index in [1.807, 2.05) is 37.2 Å². The van der Waals surface area contributed by atoms with Gasteiger partial charge in [-0.1, -0.05) is 0 Å². The highest BCUT2D eigenvalue weighted by Gasteiger charge is 2.31. The maximum absolute atomic E-state index is 13.0. The number of ether oxygens (including phenoxy) is 2. The molecule has 0 aromatic carbocycles. The van der Waals surface area contributed by atoms with E-state index in [9.17, 15) is 9.59 Å². The number of nitrogens with two attached hydrogens (primary N) is 2. The Kier molecular flexibility index (Phi) is 14.0. The van der Waals surface area contributed by atoms with Crippen LogP contribution in [-0.4, -0.2) is 160 Å². The number of fused-ring (bicyclic) bond motifs is 2. The molecule has 4 aliphatic heterocycles. The summed E-state index contributed by atoms with van der Waals surface area (Å²) in [6.07, 6.45) is 12.2. The number of amides is 1. The number of nitrogens with zero attached hydrogens (tertiary/aromatic N) is 15. The summed E-state index contributed by atoms with van der Waals surface area (Å²) in [5.41, 5.74) is 17.3. The van der Waals surface area contributed by atoms with Crippen LogP contribution in [0, 0.1) is 13.8 Å². The minimum Gasteiger partial charge on any atom is -0.477 e. The predicted molar refractivity (Wildman–Crippen MR) is 269 cm³/mol. The number of likely N-dealkylation sites (tertiary alicyclic amines) is 1. The number of carbonyl (C=O) groups excluding carboxylic acids is 1. The molecule has 6 N–H and O–H groups in total. The summed E-state index contributed by atoms with van der Waals surface area (Å²) in [5, 5.41) is 11.8. The standard InChI is InChI=1S/C23H25N9O2S.C17H21N9O.C6H6O2S/c1-14-2-3-17(35-14)21(33)31-5-4-16(12-31)32-13-27-19-18(15-10-25-22(24)26-11-15)28-23(29-20(19)32)30-6-8-34-9-7-30;18-16-20-7-11(8-21-16)13-14-15(26(10-22-14)12-1-2-19-9-12)24-17(23-13)25-3-5-27-6-4-25;1-4-2-3-5(9-4)6(7)8/h2-3,10-11,13,16H,4-9,12H2,1H3,(H2,24,25,26);7-8,10,12,19H,1-6,9H2,(H2,18,20,21);2-3H,1H3,(H,7,8). The number of rotatable bonds is 8.